The van der Waals surface area contributed by atoms with Crippen molar-refractivity contribution in [1.82, 2.24) is 0 Å². The lowest BCUT2D eigenvalue weighted by molar-refractivity contribution is 0.101. The summed E-state index contributed by atoms with van der Waals surface area (Å²) in [5.41, 5.74) is 5.77. The number of nitrogens with zero attached hydrogens (tertiary/aromatic N) is 1. The number of hydrogen-bond donors (Lipinski definition) is 2. The van der Waals surface area contributed by atoms with Crippen LogP contribution >= 0.6 is 0 Å². The first-order valence-corrected chi connectivity index (χ1v) is 3.59. The van der Waals surface area contributed by atoms with E-state index in [9.17, 15) is 9.90 Å². The fraction of sp³-hybridized carbons (Fsp3) is 0.111. The fourth-order valence-corrected chi connectivity index (χ4v) is 1.11. The van der Waals surface area contributed by atoms with Crippen LogP contribution in [0.2, 0.25) is 0 Å². The Labute approximate surface area is 75.2 Å². The van der Waals surface area contributed by atoms with Gasteiger partial charge in [0.1, 0.15) is 11.8 Å². The van der Waals surface area contributed by atoms with E-state index >= 15 is 0 Å². The van der Waals surface area contributed by atoms with Crippen LogP contribution in [0.25, 0.3) is 0 Å². The Balaban J connectivity index is 3.50. The average molecular weight is 176 g/mol. The lowest BCUT2D eigenvalue weighted by atomic mass is 10.0. The summed E-state index contributed by atoms with van der Waals surface area (Å²) in [5, 5.41) is 18.0. The number of benzene rings is 1. The lowest BCUT2D eigenvalue weighted by Crippen LogP contribution is -1.99. The monoisotopic (exact) mass is 176 g/mol. The minimum absolute atomic E-state index is 0.0247. The molecule has 0 aliphatic rings. The summed E-state index contributed by atoms with van der Waals surface area (Å²) >= 11 is 0. The third kappa shape index (κ3) is 1.59. The molecule has 0 saturated carbocycles. The normalized spacial score (nSPS) is 9.23. The number of phenolic OH excluding ortho intramolecular Hbond substituents is 1. The number of Topliss-reactive ketones (excluding diaryl/α,β-unsaturated/α-hetero) is 1. The Morgan fingerprint density at radius 3 is 2.69 bits per heavy atom. The number of nitriles is 1. The van der Waals surface area contributed by atoms with Gasteiger partial charge in [-0.25, -0.2) is 0 Å². The molecule has 1 rings (SSSR count). The number of nitrogens with two attached hydrogens (primary N) is 1. The molecule has 13 heavy (non-hydrogen) atoms. The third-order valence-electron chi connectivity index (χ3n) is 1.61. The molecule has 0 aliphatic heterocycles. The zero-order valence-electron chi connectivity index (χ0n) is 7.03. The van der Waals surface area contributed by atoms with Gasteiger partial charge in [0.15, 0.2) is 5.78 Å². The second kappa shape index (κ2) is 3.15. The molecular weight excluding hydrogens is 168 g/mol. The first-order valence-electron chi connectivity index (χ1n) is 3.59. The van der Waals surface area contributed by atoms with Gasteiger partial charge >= 0.3 is 0 Å². The van der Waals surface area contributed by atoms with Gasteiger partial charge < -0.3 is 10.8 Å². The van der Waals surface area contributed by atoms with E-state index in [4.69, 9.17) is 11.0 Å². The number of aromatic hydroxyl groups is 1. The summed E-state index contributed by atoms with van der Waals surface area (Å²) < 4.78 is 0. The van der Waals surface area contributed by atoms with E-state index in [-0.39, 0.29) is 28.3 Å². The molecule has 1 aromatic rings. The van der Waals surface area contributed by atoms with Gasteiger partial charge in [-0.2, -0.15) is 5.26 Å². The topological polar surface area (TPSA) is 87.1 Å². The first-order chi connectivity index (χ1) is 6.06. The first kappa shape index (κ1) is 9.07. The van der Waals surface area contributed by atoms with Crippen LogP contribution in [-0.4, -0.2) is 10.9 Å². The highest BCUT2D eigenvalue weighted by atomic mass is 16.3. The lowest BCUT2D eigenvalue weighted by Gasteiger charge is -2.03. The van der Waals surface area contributed by atoms with Crippen LogP contribution in [0.3, 0.4) is 0 Å². The van der Waals surface area contributed by atoms with Gasteiger partial charge in [-0.3, -0.25) is 4.79 Å². The number of anilines is 1. The van der Waals surface area contributed by atoms with E-state index in [0.29, 0.717) is 0 Å². The van der Waals surface area contributed by atoms with E-state index in [1.807, 2.05) is 0 Å². The van der Waals surface area contributed by atoms with Crippen molar-refractivity contribution in [3.63, 3.8) is 0 Å². The maximum absolute atomic E-state index is 11.0. The van der Waals surface area contributed by atoms with Gasteiger partial charge in [-0.1, -0.05) is 0 Å². The molecule has 4 nitrogen and oxygen atoms in total. The quantitative estimate of drug-likeness (QED) is 0.494. The van der Waals surface area contributed by atoms with Crippen molar-refractivity contribution in [2.45, 2.75) is 6.92 Å². The highest BCUT2D eigenvalue weighted by Gasteiger charge is 2.12. The largest absolute Gasteiger partial charge is 0.507 e. The molecule has 3 N–H and O–H groups in total. The Kier molecular flexibility index (Phi) is 2.20. The van der Waals surface area contributed by atoms with Crippen LogP contribution in [0.15, 0.2) is 12.1 Å². The van der Waals surface area contributed by atoms with Crippen LogP contribution in [0.1, 0.15) is 22.8 Å². The van der Waals surface area contributed by atoms with E-state index in [0.717, 1.165) is 0 Å². The predicted molar refractivity (Wildman–Crippen MR) is 47.2 cm³/mol. The highest BCUT2D eigenvalue weighted by molar-refractivity contribution is 5.99. The summed E-state index contributed by atoms with van der Waals surface area (Å²) in [5.74, 6) is -0.599. The maximum Gasteiger partial charge on any atom is 0.164 e. The van der Waals surface area contributed by atoms with Crippen molar-refractivity contribution in [2.24, 2.45) is 0 Å². The molecule has 0 atom stereocenters. The molecule has 0 aliphatic carbocycles. The van der Waals surface area contributed by atoms with Crippen molar-refractivity contribution in [1.29, 1.82) is 5.26 Å². The number of ketones is 1. The van der Waals surface area contributed by atoms with Crippen molar-refractivity contribution < 1.29 is 9.90 Å². The van der Waals surface area contributed by atoms with Crippen LogP contribution in [0, 0.1) is 11.3 Å². The number of carbonyl (C=O) groups is 1. The van der Waals surface area contributed by atoms with Gasteiger partial charge in [-0.05, 0) is 13.0 Å². The van der Waals surface area contributed by atoms with Gasteiger partial charge in [0, 0.05) is 11.8 Å². The molecule has 4 heteroatoms. The predicted octanol–water partition coefficient (Wildman–Crippen LogP) is 1.05. The van der Waals surface area contributed by atoms with Crippen molar-refractivity contribution >= 4 is 11.5 Å². The summed E-state index contributed by atoms with van der Waals surface area (Å²) in [6.07, 6.45) is 0. The number of hydrogen-bond acceptors (Lipinski definition) is 4. The summed E-state index contributed by atoms with van der Waals surface area (Å²) in [6.45, 7) is 1.28. The zero-order chi connectivity index (χ0) is 10.0. The Morgan fingerprint density at radius 1 is 1.62 bits per heavy atom. The highest BCUT2D eigenvalue weighted by Crippen LogP contribution is 2.24. The molecule has 66 valence electrons. The standard InChI is InChI=1S/C9H8N2O2/c1-5(12)9-6(4-10)2-7(11)3-8(9)13/h2-3,13H,11H2,1H3. The molecule has 0 radical (unpaired) electrons. The molecule has 0 saturated heterocycles. The Hall–Kier alpha value is -2.02. The zero-order valence-corrected chi connectivity index (χ0v) is 7.03. The van der Waals surface area contributed by atoms with Crippen LogP contribution < -0.4 is 5.73 Å². The molecule has 1 aromatic carbocycles. The molecule has 0 unspecified atom stereocenters. The number of rotatable bonds is 1. The molecule has 0 fully saturated rings. The van der Waals surface area contributed by atoms with Gasteiger partial charge in [0.2, 0.25) is 0 Å². The Bertz CT molecular complexity index is 405. The minimum Gasteiger partial charge on any atom is -0.507 e. The molecule has 0 aromatic heterocycles. The van der Waals surface area contributed by atoms with Crippen molar-refractivity contribution in [3.8, 4) is 11.8 Å². The van der Waals surface area contributed by atoms with Gasteiger partial charge in [0.25, 0.3) is 0 Å². The van der Waals surface area contributed by atoms with E-state index in [1.54, 1.807) is 6.07 Å². The summed E-state index contributed by atoms with van der Waals surface area (Å²) in [6, 6.07) is 4.40. The summed E-state index contributed by atoms with van der Waals surface area (Å²) in [7, 11) is 0. The second-order valence-corrected chi connectivity index (χ2v) is 2.63. The summed E-state index contributed by atoms with van der Waals surface area (Å²) in [4.78, 5) is 11.0. The maximum atomic E-state index is 11.0. The van der Waals surface area contributed by atoms with Crippen LogP contribution in [-0.2, 0) is 0 Å². The SMILES string of the molecule is CC(=O)c1c(O)cc(N)cc1C#N. The van der Waals surface area contributed by atoms with E-state index < -0.39 is 0 Å². The Morgan fingerprint density at radius 2 is 2.23 bits per heavy atom. The number of nitrogen functional groups attached to an aromatic ring is 1. The molecule has 0 amide bonds. The molecule has 0 spiro atoms. The molecular formula is C9H8N2O2. The number of phenols is 1. The van der Waals surface area contributed by atoms with Crippen molar-refractivity contribution in [3.05, 3.63) is 23.3 Å². The smallest absolute Gasteiger partial charge is 0.164 e. The van der Waals surface area contributed by atoms with Gasteiger partial charge in [0.05, 0.1) is 11.1 Å². The molecule has 0 bridgehead atoms. The fourth-order valence-electron chi connectivity index (χ4n) is 1.11. The number of carbonyl (C=O) groups excluding carboxylic acids is 1. The van der Waals surface area contributed by atoms with Crippen LogP contribution in [0.5, 0.6) is 5.75 Å². The van der Waals surface area contributed by atoms with Crippen molar-refractivity contribution in [2.75, 3.05) is 5.73 Å². The second-order valence-electron chi connectivity index (χ2n) is 2.63. The molecule has 0 heterocycles. The van der Waals surface area contributed by atoms with E-state index in [1.165, 1.54) is 19.1 Å². The average Bonchev–Trinajstić information content (AvgIpc) is 2.01. The minimum atomic E-state index is -0.353. The van der Waals surface area contributed by atoms with E-state index in [2.05, 4.69) is 0 Å². The van der Waals surface area contributed by atoms with Crippen LogP contribution in [0.4, 0.5) is 5.69 Å². The van der Waals surface area contributed by atoms with Gasteiger partial charge in [-0.15, -0.1) is 0 Å². The third-order valence-corrected chi connectivity index (χ3v) is 1.61.